The Bertz CT molecular complexity index is 1640. The highest BCUT2D eigenvalue weighted by Crippen LogP contribution is 2.43. The van der Waals surface area contributed by atoms with Gasteiger partial charge >= 0.3 is 5.97 Å². The first-order valence-electron chi connectivity index (χ1n) is 15.4. The Balaban J connectivity index is 1.14. The predicted molar refractivity (Wildman–Crippen MR) is 170 cm³/mol. The maximum absolute atomic E-state index is 15.7. The lowest BCUT2D eigenvalue weighted by molar-refractivity contribution is 0.0495. The molecule has 0 spiro atoms. The number of carboxylic acids is 1. The number of rotatable bonds is 7. The molecule has 0 radical (unpaired) electrons. The largest absolute Gasteiger partial charge is 0.493 e. The number of carbonyl (C=O) groups excluding carboxylic acids is 1. The van der Waals surface area contributed by atoms with Crippen molar-refractivity contribution in [3.63, 3.8) is 0 Å². The number of morpholine rings is 1. The van der Waals surface area contributed by atoms with Gasteiger partial charge in [0, 0.05) is 29.9 Å². The summed E-state index contributed by atoms with van der Waals surface area (Å²) in [4.78, 5) is 29.4. The molecule has 46 heavy (non-hydrogen) atoms. The molecule has 9 nitrogen and oxygen atoms in total. The minimum absolute atomic E-state index is 0.0296. The van der Waals surface area contributed by atoms with Crippen molar-refractivity contribution in [2.24, 2.45) is 5.92 Å². The molecule has 0 aromatic heterocycles. The van der Waals surface area contributed by atoms with Gasteiger partial charge < -0.3 is 33.9 Å². The second-order valence-corrected chi connectivity index (χ2v) is 13.0. The van der Waals surface area contributed by atoms with Crippen LogP contribution in [0.2, 0.25) is 10.0 Å². The van der Waals surface area contributed by atoms with Crippen LogP contribution in [-0.2, 0) is 16.0 Å². The minimum atomic E-state index is -1.19. The molecule has 4 heterocycles. The van der Waals surface area contributed by atoms with Crippen molar-refractivity contribution in [1.29, 1.82) is 0 Å². The van der Waals surface area contributed by atoms with E-state index in [1.54, 1.807) is 36.4 Å². The molecular weight excluding hydrogens is 638 g/mol. The van der Waals surface area contributed by atoms with E-state index in [4.69, 9.17) is 42.1 Å². The summed E-state index contributed by atoms with van der Waals surface area (Å²) >= 11 is 13.1. The van der Waals surface area contributed by atoms with Gasteiger partial charge in [0.2, 0.25) is 0 Å². The lowest BCUT2D eigenvalue weighted by Gasteiger charge is -2.37. The Hall–Kier alpha value is -3.57. The molecule has 3 aromatic rings. The van der Waals surface area contributed by atoms with Crippen molar-refractivity contribution < 1.29 is 38.0 Å². The van der Waals surface area contributed by atoms with Crippen LogP contribution in [0, 0.1) is 11.7 Å². The van der Waals surface area contributed by atoms with Crippen LogP contribution >= 0.6 is 23.2 Å². The van der Waals surface area contributed by atoms with Crippen LogP contribution in [0.3, 0.4) is 0 Å². The Labute approximate surface area is 275 Å². The van der Waals surface area contributed by atoms with Crippen molar-refractivity contribution in [3.05, 3.63) is 75.0 Å². The minimum Gasteiger partial charge on any atom is -0.493 e. The van der Waals surface area contributed by atoms with Crippen LogP contribution in [0.15, 0.2) is 42.5 Å². The van der Waals surface area contributed by atoms with Gasteiger partial charge in [-0.1, -0.05) is 41.4 Å². The number of nitrogens with zero attached hydrogens (tertiary/aromatic N) is 2. The summed E-state index contributed by atoms with van der Waals surface area (Å²) in [5.74, 6) is -0.975. The summed E-state index contributed by atoms with van der Waals surface area (Å²) in [7, 11) is 0. The molecule has 242 valence electrons. The number of ether oxygens (including phenoxy) is 4. The van der Waals surface area contributed by atoms with Gasteiger partial charge in [-0.3, -0.25) is 4.79 Å². The Morgan fingerprint density at radius 3 is 2.37 bits per heavy atom. The van der Waals surface area contributed by atoms with Crippen LogP contribution in [-0.4, -0.2) is 73.7 Å². The van der Waals surface area contributed by atoms with Gasteiger partial charge in [0.25, 0.3) is 5.91 Å². The normalized spacial score (nSPS) is 21.1. The van der Waals surface area contributed by atoms with E-state index in [1.807, 2.05) is 0 Å². The van der Waals surface area contributed by atoms with Gasteiger partial charge in [-0.2, -0.15) is 0 Å². The molecule has 2 atom stereocenters. The molecule has 12 heteroatoms. The maximum atomic E-state index is 15.7. The third kappa shape index (κ3) is 5.88. The van der Waals surface area contributed by atoms with Crippen molar-refractivity contribution in [1.82, 2.24) is 4.90 Å². The number of aromatic carboxylic acids is 1. The molecule has 3 saturated heterocycles. The lowest BCUT2D eigenvalue weighted by atomic mass is 9.96. The van der Waals surface area contributed by atoms with Crippen molar-refractivity contribution in [3.8, 4) is 22.6 Å². The van der Waals surface area contributed by atoms with Gasteiger partial charge in [0.1, 0.15) is 17.3 Å². The van der Waals surface area contributed by atoms with Crippen LogP contribution < -0.4 is 14.4 Å². The number of hydrogen-bond donors (Lipinski definition) is 1. The molecule has 2 bridgehead atoms. The highest BCUT2D eigenvalue weighted by molar-refractivity contribution is 6.39. The van der Waals surface area contributed by atoms with Crippen molar-refractivity contribution >= 4 is 40.8 Å². The van der Waals surface area contributed by atoms with Gasteiger partial charge in [-0.05, 0) is 55.9 Å². The average Bonchev–Trinajstić information content (AvgIpc) is 3.30. The number of benzene rings is 3. The summed E-state index contributed by atoms with van der Waals surface area (Å²) in [5, 5.41) is 10.3. The summed E-state index contributed by atoms with van der Waals surface area (Å²) < 4.78 is 38.8. The third-order valence-corrected chi connectivity index (χ3v) is 9.89. The number of halogens is 3. The molecule has 7 rings (SSSR count). The topological polar surface area (TPSA) is 97.8 Å². The van der Waals surface area contributed by atoms with Gasteiger partial charge in [0.05, 0.1) is 65.3 Å². The quantitative estimate of drug-likeness (QED) is 0.298. The maximum Gasteiger partial charge on any atom is 0.337 e. The van der Waals surface area contributed by atoms with Crippen LogP contribution in [0.25, 0.3) is 11.1 Å². The fraction of sp³-hybridized carbons (Fsp3) is 0.412. The Morgan fingerprint density at radius 2 is 1.67 bits per heavy atom. The van der Waals surface area contributed by atoms with E-state index >= 15 is 4.39 Å². The molecule has 4 aliphatic heterocycles. The number of amides is 1. The van der Waals surface area contributed by atoms with E-state index in [-0.39, 0.29) is 52.1 Å². The summed E-state index contributed by atoms with van der Waals surface area (Å²) in [6.07, 6.45) is 3.60. The SMILES string of the molecule is O=C(O)c1cc(F)c(-c2cccc3c2OCN(C(=O)c2c(Cl)cc(OCC4CCOCC4)cc2Cl)C3)cc1N1C2CCC1COC2. The molecule has 3 aromatic carbocycles. The fourth-order valence-electron chi connectivity index (χ4n) is 6.91. The van der Waals surface area contributed by atoms with Gasteiger partial charge in [-0.25, -0.2) is 9.18 Å². The van der Waals surface area contributed by atoms with E-state index in [1.165, 1.54) is 4.90 Å². The molecule has 2 unspecified atom stereocenters. The molecule has 3 fully saturated rings. The Kier molecular flexibility index (Phi) is 8.71. The zero-order valence-corrected chi connectivity index (χ0v) is 26.5. The summed E-state index contributed by atoms with van der Waals surface area (Å²) in [6.45, 7) is 2.99. The summed E-state index contributed by atoms with van der Waals surface area (Å²) in [5.41, 5.74) is 1.89. The van der Waals surface area contributed by atoms with Crippen LogP contribution in [0.1, 0.15) is 52.0 Å². The predicted octanol–water partition coefficient (Wildman–Crippen LogP) is 6.66. The highest BCUT2D eigenvalue weighted by atomic mass is 35.5. The molecule has 1 N–H and O–H groups in total. The molecule has 0 saturated carbocycles. The number of hydrogen-bond acceptors (Lipinski definition) is 7. The number of carbonyl (C=O) groups is 2. The molecule has 1 amide bonds. The van der Waals surface area contributed by atoms with E-state index < -0.39 is 17.7 Å². The van der Waals surface area contributed by atoms with Crippen LogP contribution in [0.5, 0.6) is 11.5 Å². The fourth-order valence-corrected chi connectivity index (χ4v) is 7.54. The number of para-hydroxylation sites is 1. The van der Waals surface area contributed by atoms with E-state index in [0.29, 0.717) is 67.3 Å². The lowest BCUT2D eigenvalue weighted by Crippen LogP contribution is -2.46. The van der Waals surface area contributed by atoms with E-state index in [9.17, 15) is 14.7 Å². The van der Waals surface area contributed by atoms with Crippen molar-refractivity contribution in [2.45, 2.75) is 44.3 Å². The Morgan fingerprint density at radius 1 is 0.957 bits per heavy atom. The van der Waals surface area contributed by atoms with Gasteiger partial charge in [-0.15, -0.1) is 0 Å². The third-order valence-electron chi connectivity index (χ3n) is 9.29. The number of anilines is 1. The number of carboxylic acid groups (broad SMARTS) is 1. The first kappa shape index (κ1) is 31.1. The zero-order valence-electron chi connectivity index (χ0n) is 25.0. The summed E-state index contributed by atoms with van der Waals surface area (Å²) in [6, 6.07) is 11.2. The monoisotopic (exact) mass is 670 g/mol. The molecule has 0 aliphatic carbocycles. The standard InChI is InChI=1S/C34H33Cl2FN2O7/c35-27-10-23(45-15-19-6-8-43-9-7-19)11-28(36)31(27)33(40)38-14-20-2-1-3-24(32(20)46-18-38)25-13-30(26(34(41)42)12-29(25)37)39-21-4-5-22(39)17-44-16-21/h1-3,10-13,19,21-22H,4-9,14-18H2,(H,41,42). The zero-order chi connectivity index (χ0) is 31.9. The number of fused-ring (bicyclic) bond motifs is 3. The smallest absolute Gasteiger partial charge is 0.337 e. The average molecular weight is 672 g/mol. The first-order valence-corrected chi connectivity index (χ1v) is 16.2. The van der Waals surface area contributed by atoms with E-state index in [2.05, 4.69) is 4.90 Å². The van der Waals surface area contributed by atoms with E-state index in [0.717, 1.165) is 31.7 Å². The second kappa shape index (κ2) is 12.9. The second-order valence-electron chi connectivity index (χ2n) is 12.2. The van der Waals surface area contributed by atoms with Crippen molar-refractivity contribution in [2.75, 3.05) is 44.7 Å². The van der Waals surface area contributed by atoms with Crippen LogP contribution in [0.4, 0.5) is 10.1 Å². The highest BCUT2D eigenvalue weighted by Gasteiger charge is 2.40. The van der Waals surface area contributed by atoms with Gasteiger partial charge in [0.15, 0.2) is 6.73 Å². The molecular formula is C34H33Cl2FN2O7. The first-order chi connectivity index (χ1) is 22.3. The molecule has 4 aliphatic rings.